The molecule has 0 N–H and O–H groups in total. The molecule has 58 valence electrons. The Labute approximate surface area is 66.5 Å². The smallest absolute Gasteiger partial charge is 0.403 e. The van der Waals surface area contributed by atoms with Gasteiger partial charge in [-0.1, -0.05) is 12.8 Å². The van der Waals surface area contributed by atoms with Crippen LogP contribution >= 0.6 is 11.6 Å². The van der Waals surface area contributed by atoms with Crippen molar-refractivity contribution in [3.63, 3.8) is 0 Å². The predicted octanol–water partition coefficient (Wildman–Crippen LogP) is 2.63. The minimum Gasteiger partial charge on any atom is -0.454 e. The minimum atomic E-state index is -0.729. The molecule has 0 amide bonds. The third-order valence-corrected chi connectivity index (χ3v) is 1.17. The van der Waals surface area contributed by atoms with Crippen LogP contribution in [0.15, 0.2) is 0 Å². The Hall–Kier alpha value is -0.240. The van der Waals surface area contributed by atoms with Crippen LogP contribution in [0.5, 0.6) is 0 Å². The van der Waals surface area contributed by atoms with Gasteiger partial charge in [0.15, 0.2) is 0 Å². The van der Waals surface area contributed by atoms with Crippen LogP contribution in [0, 0.1) is 6.92 Å². The number of carbonyl (C=O) groups excluding carboxylic acids is 1. The standard InChI is InChI=1S/C7H11ClO2/c1-2-3-4-5-6-10-7(8)9/h1H,2-6H2. The maximum Gasteiger partial charge on any atom is 0.403 e. The molecule has 0 aliphatic rings. The van der Waals surface area contributed by atoms with E-state index in [0.29, 0.717) is 13.0 Å². The number of ether oxygens (including phenoxy) is 1. The lowest BCUT2D eigenvalue weighted by atomic mass is 10.2. The van der Waals surface area contributed by atoms with E-state index in [1.165, 1.54) is 0 Å². The van der Waals surface area contributed by atoms with Crippen molar-refractivity contribution in [1.29, 1.82) is 0 Å². The SMILES string of the molecule is [CH]CCCCCOC(=O)Cl. The van der Waals surface area contributed by atoms with Gasteiger partial charge in [-0.25, -0.2) is 4.79 Å². The third-order valence-electron chi connectivity index (χ3n) is 1.06. The molecule has 0 aromatic carbocycles. The number of halogens is 1. The Bertz CT molecular complexity index is 93.6. The zero-order valence-corrected chi connectivity index (χ0v) is 6.56. The second-order valence-electron chi connectivity index (χ2n) is 1.94. The topological polar surface area (TPSA) is 26.3 Å². The Morgan fingerprint density at radius 3 is 2.60 bits per heavy atom. The molecular formula is C7H11ClO2. The summed E-state index contributed by atoms with van der Waals surface area (Å²) in [7, 11) is 0. The van der Waals surface area contributed by atoms with Crippen molar-refractivity contribution < 1.29 is 9.53 Å². The summed E-state index contributed by atoms with van der Waals surface area (Å²) in [6, 6.07) is 0. The summed E-state index contributed by atoms with van der Waals surface area (Å²) in [5.41, 5.74) is -0.729. The summed E-state index contributed by atoms with van der Waals surface area (Å²) in [6.45, 7) is 5.64. The van der Waals surface area contributed by atoms with E-state index < -0.39 is 5.43 Å². The number of unbranched alkanes of at least 4 members (excludes halogenated alkanes) is 3. The van der Waals surface area contributed by atoms with Crippen LogP contribution in [0.4, 0.5) is 4.79 Å². The summed E-state index contributed by atoms with van der Waals surface area (Å²) in [5.74, 6) is 0. The van der Waals surface area contributed by atoms with E-state index in [-0.39, 0.29) is 0 Å². The van der Waals surface area contributed by atoms with E-state index in [4.69, 9.17) is 18.5 Å². The molecule has 0 aliphatic carbocycles. The molecule has 0 heterocycles. The predicted molar refractivity (Wildman–Crippen MR) is 40.0 cm³/mol. The van der Waals surface area contributed by atoms with Crippen molar-refractivity contribution >= 4 is 17.0 Å². The third kappa shape index (κ3) is 7.76. The monoisotopic (exact) mass is 162 g/mol. The van der Waals surface area contributed by atoms with Crippen LogP contribution in [0.2, 0.25) is 0 Å². The van der Waals surface area contributed by atoms with Crippen LogP contribution < -0.4 is 0 Å². The van der Waals surface area contributed by atoms with E-state index in [0.717, 1.165) is 19.3 Å². The zero-order valence-electron chi connectivity index (χ0n) is 5.81. The lowest BCUT2D eigenvalue weighted by Crippen LogP contribution is -1.95. The van der Waals surface area contributed by atoms with Crippen LogP contribution in [-0.4, -0.2) is 12.0 Å². The van der Waals surface area contributed by atoms with Crippen molar-refractivity contribution in [1.82, 2.24) is 0 Å². The molecule has 3 heteroatoms. The van der Waals surface area contributed by atoms with Crippen LogP contribution in [0.25, 0.3) is 0 Å². The molecule has 0 aliphatic heterocycles. The van der Waals surface area contributed by atoms with Crippen molar-refractivity contribution in [2.24, 2.45) is 0 Å². The van der Waals surface area contributed by atoms with Gasteiger partial charge in [-0.15, -0.1) is 0 Å². The van der Waals surface area contributed by atoms with Gasteiger partial charge in [0.1, 0.15) is 0 Å². The Morgan fingerprint density at radius 2 is 2.10 bits per heavy atom. The molecule has 10 heavy (non-hydrogen) atoms. The van der Waals surface area contributed by atoms with Crippen molar-refractivity contribution in [2.75, 3.05) is 6.61 Å². The number of hydrogen-bond acceptors (Lipinski definition) is 2. The Kier molecular flexibility index (Phi) is 6.71. The highest BCUT2D eigenvalue weighted by Gasteiger charge is 1.93. The summed E-state index contributed by atoms with van der Waals surface area (Å²) in [4.78, 5) is 9.99. The summed E-state index contributed by atoms with van der Waals surface area (Å²) < 4.78 is 4.47. The van der Waals surface area contributed by atoms with Gasteiger partial charge >= 0.3 is 5.43 Å². The molecule has 0 aromatic rings. The second kappa shape index (κ2) is 6.87. The second-order valence-corrected chi connectivity index (χ2v) is 2.24. The molecule has 2 nitrogen and oxygen atoms in total. The molecular weight excluding hydrogens is 152 g/mol. The van der Waals surface area contributed by atoms with Crippen molar-refractivity contribution in [3.05, 3.63) is 6.92 Å². The van der Waals surface area contributed by atoms with E-state index in [9.17, 15) is 4.79 Å². The first kappa shape index (κ1) is 9.76. The molecule has 0 unspecified atom stereocenters. The molecule has 0 fully saturated rings. The quantitative estimate of drug-likeness (QED) is 0.459. The lowest BCUT2D eigenvalue weighted by molar-refractivity contribution is 0.171. The maximum atomic E-state index is 9.99. The fourth-order valence-corrected chi connectivity index (χ4v) is 0.653. The maximum absolute atomic E-state index is 9.99. The first-order valence-electron chi connectivity index (χ1n) is 3.29. The molecule has 0 bridgehead atoms. The molecule has 0 saturated heterocycles. The van der Waals surface area contributed by atoms with Crippen LogP contribution in [0.3, 0.4) is 0 Å². The molecule has 0 spiro atoms. The van der Waals surface area contributed by atoms with Crippen molar-refractivity contribution in [3.8, 4) is 0 Å². The number of hydrogen-bond donors (Lipinski definition) is 0. The van der Waals surface area contributed by atoms with Gasteiger partial charge in [-0.05, 0) is 19.8 Å². The van der Waals surface area contributed by atoms with Gasteiger partial charge in [0.25, 0.3) is 0 Å². The van der Waals surface area contributed by atoms with Crippen LogP contribution in [-0.2, 0) is 4.74 Å². The fourth-order valence-electron chi connectivity index (χ4n) is 0.576. The van der Waals surface area contributed by atoms with Gasteiger partial charge in [0, 0.05) is 11.6 Å². The highest BCUT2D eigenvalue weighted by Crippen LogP contribution is 1.99. The zero-order chi connectivity index (χ0) is 7.82. The number of carbonyl (C=O) groups is 1. The van der Waals surface area contributed by atoms with Crippen molar-refractivity contribution in [2.45, 2.75) is 25.7 Å². The normalized spacial score (nSPS) is 9.40. The Morgan fingerprint density at radius 1 is 1.40 bits per heavy atom. The summed E-state index contributed by atoms with van der Waals surface area (Å²) in [6.07, 6.45) is 3.49. The van der Waals surface area contributed by atoms with E-state index in [2.05, 4.69) is 4.74 Å². The molecule has 0 saturated carbocycles. The largest absolute Gasteiger partial charge is 0.454 e. The molecule has 0 atom stereocenters. The fraction of sp³-hybridized carbons (Fsp3) is 0.714. The molecule has 0 aromatic heterocycles. The first-order chi connectivity index (χ1) is 4.77. The number of rotatable bonds is 5. The van der Waals surface area contributed by atoms with E-state index in [1.807, 2.05) is 0 Å². The van der Waals surface area contributed by atoms with E-state index >= 15 is 0 Å². The highest BCUT2D eigenvalue weighted by atomic mass is 35.5. The van der Waals surface area contributed by atoms with Crippen LogP contribution in [0.1, 0.15) is 25.7 Å². The molecule has 2 radical (unpaired) electrons. The summed E-state index contributed by atoms with van der Waals surface area (Å²) >= 11 is 4.90. The first-order valence-corrected chi connectivity index (χ1v) is 3.67. The van der Waals surface area contributed by atoms with Gasteiger partial charge in [0.05, 0.1) is 6.61 Å². The van der Waals surface area contributed by atoms with Gasteiger partial charge < -0.3 is 4.74 Å². The summed E-state index contributed by atoms with van der Waals surface area (Å²) in [5, 5.41) is 0. The van der Waals surface area contributed by atoms with Gasteiger partial charge in [-0.3, -0.25) is 0 Å². The van der Waals surface area contributed by atoms with Gasteiger partial charge in [0.2, 0.25) is 0 Å². The van der Waals surface area contributed by atoms with E-state index in [1.54, 1.807) is 0 Å². The minimum absolute atomic E-state index is 0.405. The highest BCUT2D eigenvalue weighted by molar-refractivity contribution is 6.61. The Balaban J connectivity index is 2.84. The molecule has 0 rings (SSSR count). The average Bonchev–Trinajstić information content (AvgIpc) is 1.87. The van der Waals surface area contributed by atoms with Gasteiger partial charge in [-0.2, -0.15) is 0 Å². The average molecular weight is 163 g/mol. The lowest BCUT2D eigenvalue weighted by Gasteiger charge is -1.98.